The molecule has 2 aromatic carbocycles. The van der Waals surface area contributed by atoms with Gasteiger partial charge in [0.1, 0.15) is 0 Å². The lowest BCUT2D eigenvalue weighted by Crippen LogP contribution is -2.33. The SMILES string of the molecule is Cc1c(Cl)cccc1NCN1C(=O)S/C(=C/c2c(Cl)cccc2Cl)C1=O. The molecule has 0 spiro atoms. The van der Waals surface area contributed by atoms with E-state index >= 15 is 0 Å². The lowest BCUT2D eigenvalue weighted by atomic mass is 10.2. The molecule has 1 heterocycles. The lowest BCUT2D eigenvalue weighted by Gasteiger charge is -2.16. The van der Waals surface area contributed by atoms with Crippen molar-refractivity contribution >= 4 is 69.5 Å². The molecule has 134 valence electrons. The minimum Gasteiger partial charge on any atom is -0.367 e. The molecule has 1 N–H and O–H groups in total. The normalized spacial score (nSPS) is 15.8. The highest BCUT2D eigenvalue weighted by Crippen LogP contribution is 2.35. The Morgan fingerprint density at radius 3 is 2.35 bits per heavy atom. The number of benzene rings is 2. The largest absolute Gasteiger partial charge is 0.367 e. The fraction of sp³-hybridized carbons (Fsp3) is 0.111. The number of hydrogen-bond acceptors (Lipinski definition) is 4. The van der Waals surface area contributed by atoms with Gasteiger partial charge in [-0.2, -0.15) is 0 Å². The van der Waals surface area contributed by atoms with Crippen LogP contribution in [0.5, 0.6) is 0 Å². The number of hydrogen-bond donors (Lipinski definition) is 1. The van der Waals surface area contributed by atoms with Crippen LogP contribution in [0, 0.1) is 6.92 Å². The van der Waals surface area contributed by atoms with Crippen LogP contribution in [0.2, 0.25) is 15.1 Å². The molecule has 1 aliphatic rings. The Bertz CT molecular complexity index is 910. The number of anilines is 1. The summed E-state index contributed by atoms with van der Waals surface area (Å²) in [4.78, 5) is 26.2. The van der Waals surface area contributed by atoms with Crippen LogP contribution in [-0.4, -0.2) is 22.7 Å². The average Bonchev–Trinajstić information content (AvgIpc) is 2.86. The molecule has 1 fully saturated rings. The molecule has 0 unspecified atom stereocenters. The number of thioether (sulfide) groups is 1. The first-order chi connectivity index (χ1) is 12.4. The van der Waals surface area contributed by atoms with E-state index in [1.165, 1.54) is 0 Å². The second-order valence-electron chi connectivity index (χ2n) is 5.49. The van der Waals surface area contributed by atoms with Gasteiger partial charge in [-0.05, 0) is 54.6 Å². The van der Waals surface area contributed by atoms with Gasteiger partial charge >= 0.3 is 0 Å². The van der Waals surface area contributed by atoms with Crippen molar-refractivity contribution in [2.75, 3.05) is 12.0 Å². The van der Waals surface area contributed by atoms with E-state index < -0.39 is 5.91 Å². The minimum atomic E-state index is -0.400. The summed E-state index contributed by atoms with van der Waals surface area (Å²) in [6, 6.07) is 10.5. The zero-order chi connectivity index (χ0) is 18.8. The highest BCUT2D eigenvalue weighted by Gasteiger charge is 2.35. The molecule has 2 amide bonds. The molecular formula is C18H13Cl3N2O2S. The highest BCUT2D eigenvalue weighted by atomic mass is 35.5. The maximum atomic E-state index is 12.6. The Labute approximate surface area is 170 Å². The number of nitrogens with zero attached hydrogens (tertiary/aromatic N) is 1. The van der Waals surface area contributed by atoms with E-state index in [1.54, 1.807) is 36.4 Å². The Hall–Kier alpha value is -1.66. The molecule has 8 heteroatoms. The van der Waals surface area contributed by atoms with Crippen LogP contribution in [0.15, 0.2) is 41.3 Å². The van der Waals surface area contributed by atoms with Crippen LogP contribution in [0.4, 0.5) is 10.5 Å². The van der Waals surface area contributed by atoms with Crippen molar-refractivity contribution in [3.8, 4) is 0 Å². The summed E-state index contributed by atoms with van der Waals surface area (Å²) in [5, 5.41) is 4.14. The van der Waals surface area contributed by atoms with Crippen LogP contribution in [0.25, 0.3) is 6.08 Å². The first-order valence-corrected chi connectivity index (χ1v) is 9.52. The number of rotatable bonds is 4. The summed E-state index contributed by atoms with van der Waals surface area (Å²) >= 11 is 19.2. The number of carbonyl (C=O) groups excluding carboxylic acids is 2. The van der Waals surface area contributed by atoms with Crippen molar-refractivity contribution in [3.63, 3.8) is 0 Å². The summed E-state index contributed by atoms with van der Waals surface area (Å²) in [5.41, 5.74) is 2.12. The smallest absolute Gasteiger partial charge is 0.295 e. The van der Waals surface area contributed by atoms with Crippen molar-refractivity contribution in [1.29, 1.82) is 0 Å². The standard InChI is InChI=1S/C18H13Cl3N2O2S/c1-10-12(19)4-3-7-15(10)22-9-23-17(24)16(26-18(23)25)8-11-13(20)5-2-6-14(11)21/h2-8,22H,9H2,1H3/b16-8+. The van der Waals surface area contributed by atoms with Gasteiger partial charge in [-0.3, -0.25) is 14.5 Å². The predicted octanol–water partition coefficient (Wildman–Crippen LogP) is 6.06. The van der Waals surface area contributed by atoms with Crippen LogP contribution in [-0.2, 0) is 4.79 Å². The minimum absolute atomic E-state index is 0.0411. The average molecular weight is 428 g/mol. The van der Waals surface area contributed by atoms with Crippen molar-refractivity contribution in [1.82, 2.24) is 4.90 Å². The van der Waals surface area contributed by atoms with Gasteiger partial charge in [0.25, 0.3) is 11.1 Å². The van der Waals surface area contributed by atoms with Gasteiger partial charge in [-0.25, -0.2) is 0 Å². The van der Waals surface area contributed by atoms with Crippen LogP contribution in [0.1, 0.15) is 11.1 Å². The van der Waals surface area contributed by atoms with E-state index in [1.807, 2.05) is 13.0 Å². The molecule has 3 rings (SSSR count). The quantitative estimate of drug-likeness (QED) is 0.602. The number of halogens is 3. The molecule has 1 saturated heterocycles. The van der Waals surface area contributed by atoms with Gasteiger partial charge < -0.3 is 5.32 Å². The molecule has 0 bridgehead atoms. The Balaban J connectivity index is 1.79. The predicted molar refractivity (Wildman–Crippen MR) is 109 cm³/mol. The van der Waals surface area contributed by atoms with Gasteiger partial charge in [0.05, 0.1) is 11.6 Å². The molecule has 0 saturated carbocycles. The van der Waals surface area contributed by atoms with E-state index in [9.17, 15) is 9.59 Å². The fourth-order valence-corrected chi connectivity index (χ4v) is 3.88. The number of amides is 2. The second-order valence-corrected chi connectivity index (χ2v) is 7.71. The van der Waals surface area contributed by atoms with Crippen molar-refractivity contribution in [3.05, 3.63) is 67.5 Å². The topological polar surface area (TPSA) is 49.4 Å². The molecule has 0 radical (unpaired) electrons. The molecule has 0 aromatic heterocycles. The van der Waals surface area contributed by atoms with Crippen molar-refractivity contribution < 1.29 is 9.59 Å². The molecular weight excluding hydrogens is 415 g/mol. The van der Waals surface area contributed by atoms with Gasteiger partial charge in [0.2, 0.25) is 0 Å². The van der Waals surface area contributed by atoms with Crippen LogP contribution in [0.3, 0.4) is 0 Å². The summed E-state index contributed by atoms with van der Waals surface area (Å²) in [6.45, 7) is 1.90. The number of imide groups is 1. The summed E-state index contributed by atoms with van der Waals surface area (Å²) in [6.07, 6.45) is 1.54. The Kier molecular flexibility index (Phi) is 5.82. The second kappa shape index (κ2) is 7.92. The third kappa shape index (κ3) is 3.86. The third-order valence-electron chi connectivity index (χ3n) is 3.84. The third-order valence-corrected chi connectivity index (χ3v) is 5.82. The Morgan fingerprint density at radius 2 is 1.65 bits per heavy atom. The van der Waals surface area contributed by atoms with E-state index in [2.05, 4.69) is 5.32 Å². The van der Waals surface area contributed by atoms with E-state index in [-0.39, 0.29) is 16.8 Å². The van der Waals surface area contributed by atoms with E-state index in [4.69, 9.17) is 34.8 Å². The molecule has 0 aliphatic carbocycles. The molecule has 1 aliphatic heterocycles. The van der Waals surface area contributed by atoms with Crippen molar-refractivity contribution in [2.24, 2.45) is 0 Å². The first kappa shape index (κ1) is 19.1. The lowest BCUT2D eigenvalue weighted by molar-refractivity contribution is -0.122. The van der Waals surface area contributed by atoms with E-state index in [0.717, 1.165) is 27.9 Å². The zero-order valence-electron chi connectivity index (χ0n) is 13.6. The monoisotopic (exact) mass is 426 g/mol. The highest BCUT2D eigenvalue weighted by molar-refractivity contribution is 8.18. The fourth-order valence-electron chi connectivity index (χ4n) is 2.38. The van der Waals surface area contributed by atoms with Gasteiger partial charge in [-0.1, -0.05) is 46.9 Å². The molecule has 2 aromatic rings. The van der Waals surface area contributed by atoms with Crippen molar-refractivity contribution in [2.45, 2.75) is 6.92 Å². The van der Waals surface area contributed by atoms with Gasteiger partial charge in [-0.15, -0.1) is 0 Å². The van der Waals surface area contributed by atoms with Crippen LogP contribution < -0.4 is 5.32 Å². The van der Waals surface area contributed by atoms with Gasteiger partial charge in [0, 0.05) is 26.3 Å². The molecule has 26 heavy (non-hydrogen) atoms. The molecule has 0 atom stereocenters. The maximum Gasteiger partial charge on any atom is 0.295 e. The van der Waals surface area contributed by atoms with E-state index in [0.29, 0.717) is 20.6 Å². The van der Waals surface area contributed by atoms with Gasteiger partial charge in [0.15, 0.2) is 0 Å². The first-order valence-electron chi connectivity index (χ1n) is 7.57. The number of carbonyl (C=O) groups is 2. The summed E-state index contributed by atoms with van der Waals surface area (Å²) in [5.74, 6) is -0.400. The summed E-state index contributed by atoms with van der Waals surface area (Å²) < 4.78 is 0. The number of nitrogens with one attached hydrogen (secondary N) is 1. The maximum absolute atomic E-state index is 12.6. The Morgan fingerprint density at radius 1 is 1.04 bits per heavy atom. The summed E-state index contributed by atoms with van der Waals surface area (Å²) in [7, 11) is 0. The molecule has 4 nitrogen and oxygen atoms in total. The van der Waals surface area contributed by atoms with Crippen LogP contribution >= 0.6 is 46.6 Å². The zero-order valence-corrected chi connectivity index (χ0v) is 16.6.